The second-order valence-corrected chi connectivity index (χ2v) is 6.46. The molecule has 2 bridgehead atoms. The monoisotopic (exact) mass is 287 g/mol. The van der Waals surface area contributed by atoms with Gasteiger partial charge in [0.1, 0.15) is 0 Å². The van der Waals surface area contributed by atoms with E-state index in [1.807, 2.05) is 0 Å². The number of carbonyl (C=O) groups excluding carboxylic acids is 1. The summed E-state index contributed by atoms with van der Waals surface area (Å²) in [4.78, 5) is 12.5. The van der Waals surface area contributed by atoms with Crippen molar-refractivity contribution in [2.75, 3.05) is 0 Å². The van der Waals surface area contributed by atoms with Gasteiger partial charge in [0.15, 0.2) is 0 Å². The summed E-state index contributed by atoms with van der Waals surface area (Å²) in [5.41, 5.74) is 0.411. The average molecular weight is 288 g/mol. The Hall–Kier alpha value is -1.46. The molecule has 3 unspecified atom stereocenters. The van der Waals surface area contributed by atoms with Crippen LogP contribution < -0.4 is 5.32 Å². The summed E-state index contributed by atoms with van der Waals surface area (Å²) in [7, 11) is 0. The number of nitrogens with one attached hydrogen (secondary N) is 1. The van der Waals surface area contributed by atoms with Gasteiger partial charge in [0, 0.05) is 16.5 Å². The fraction of sp³-hybridized carbons (Fsp3) is 0.471. The van der Waals surface area contributed by atoms with Crippen molar-refractivity contribution in [2.24, 2.45) is 11.8 Å². The van der Waals surface area contributed by atoms with Crippen LogP contribution >= 0.6 is 11.6 Å². The third-order valence-corrected chi connectivity index (χ3v) is 5.07. The number of benzene rings is 1. The summed E-state index contributed by atoms with van der Waals surface area (Å²) >= 11 is 5.95. The highest BCUT2D eigenvalue weighted by atomic mass is 35.5. The minimum absolute atomic E-state index is 0.0599. The topological polar surface area (TPSA) is 29.1 Å². The Balaban J connectivity index is 1.82. The van der Waals surface area contributed by atoms with Crippen LogP contribution in [0.2, 0.25) is 5.02 Å². The number of fused-ring (bicyclic) bond motifs is 2. The lowest BCUT2D eigenvalue weighted by Gasteiger charge is -2.39. The lowest BCUT2D eigenvalue weighted by Crippen LogP contribution is -2.53. The molecule has 20 heavy (non-hydrogen) atoms. The van der Waals surface area contributed by atoms with E-state index in [1.165, 1.54) is 12.8 Å². The van der Waals surface area contributed by atoms with Crippen molar-refractivity contribution >= 4 is 17.5 Å². The molecule has 0 spiro atoms. The van der Waals surface area contributed by atoms with Gasteiger partial charge in [-0.05, 0) is 56.2 Å². The third kappa shape index (κ3) is 2.31. The van der Waals surface area contributed by atoms with Crippen LogP contribution in [-0.2, 0) is 0 Å². The van der Waals surface area contributed by atoms with Gasteiger partial charge in [-0.25, -0.2) is 0 Å². The molecule has 1 aromatic carbocycles. The van der Waals surface area contributed by atoms with Gasteiger partial charge >= 0.3 is 0 Å². The van der Waals surface area contributed by atoms with Crippen molar-refractivity contribution in [3.8, 4) is 12.3 Å². The number of amides is 1. The van der Waals surface area contributed by atoms with Gasteiger partial charge in [0.05, 0.1) is 5.54 Å². The molecule has 2 fully saturated rings. The van der Waals surface area contributed by atoms with Crippen molar-refractivity contribution in [1.29, 1.82) is 0 Å². The van der Waals surface area contributed by atoms with Crippen molar-refractivity contribution < 1.29 is 4.79 Å². The Kier molecular flexibility index (Phi) is 3.48. The first-order chi connectivity index (χ1) is 9.63. The van der Waals surface area contributed by atoms with Gasteiger partial charge in [0.25, 0.3) is 5.91 Å². The number of halogens is 1. The number of hydrogen-bond acceptors (Lipinski definition) is 1. The minimum atomic E-state index is -0.197. The van der Waals surface area contributed by atoms with E-state index in [-0.39, 0.29) is 17.4 Å². The smallest absolute Gasteiger partial charge is 0.251 e. The highest BCUT2D eigenvalue weighted by Gasteiger charge is 2.48. The van der Waals surface area contributed by atoms with E-state index in [2.05, 4.69) is 11.2 Å². The number of carbonyl (C=O) groups is 1. The molecule has 2 nitrogen and oxygen atoms in total. The molecule has 3 atom stereocenters. The molecule has 1 N–H and O–H groups in total. The normalized spacial score (nSPS) is 31.6. The first kappa shape index (κ1) is 13.5. The Morgan fingerprint density at radius 1 is 1.40 bits per heavy atom. The summed E-state index contributed by atoms with van der Waals surface area (Å²) in [5.74, 6) is 3.72. The summed E-state index contributed by atoms with van der Waals surface area (Å²) in [5, 5.41) is 3.81. The molecule has 2 aliphatic carbocycles. The van der Waals surface area contributed by atoms with Crippen LogP contribution in [0.5, 0.6) is 0 Å². The van der Waals surface area contributed by atoms with Crippen molar-refractivity contribution in [3.63, 3.8) is 0 Å². The van der Waals surface area contributed by atoms with E-state index >= 15 is 0 Å². The van der Waals surface area contributed by atoms with Crippen LogP contribution in [0, 0.1) is 24.2 Å². The molecule has 0 saturated heterocycles. The van der Waals surface area contributed by atoms with Crippen LogP contribution in [0.1, 0.15) is 42.5 Å². The molecule has 0 aliphatic heterocycles. The van der Waals surface area contributed by atoms with Gasteiger partial charge in [-0.2, -0.15) is 0 Å². The maximum absolute atomic E-state index is 12.5. The van der Waals surface area contributed by atoms with E-state index in [9.17, 15) is 4.79 Å². The van der Waals surface area contributed by atoms with Crippen LogP contribution in [0.3, 0.4) is 0 Å². The molecular weight excluding hydrogens is 270 g/mol. The molecule has 0 aromatic heterocycles. The minimum Gasteiger partial charge on any atom is -0.345 e. The van der Waals surface area contributed by atoms with Gasteiger partial charge in [-0.15, -0.1) is 12.3 Å². The predicted octanol–water partition coefficient (Wildman–Crippen LogP) is 3.65. The van der Waals surface area contributed by atoms with Gasteiger partial charge in [0.2, 0.25) is 0 Å². The van der Waals surface area contributed by atoms with Crippen LogP contribution in [0.25, 0.3) is 0 Å². The van der Waals surface area contributed by atoms with Gasteiger partial charge in [-0.1, -0.05) is 17.7 Å². The van der Waals surface area contributed by atoms with Crippen LogP contribution in [-0.4, -0.2) is 11.4 Å². The first-order valence-corrected chi connectivity index (χ1v) is 7.55. The second kappa shape index (κ2) is 5.14. The molecule has 3 rings (SSSR count). The van der Waals surface area contributed by atoms with Crippen molar-refractivity contribution in [3.05, 3.63) is 34.9 Å². The van der Waals surface area contributed by atoms with E-state index in [4.69, 9.17) is 18.0 Å². The summed E-state index contributed by atoms with van der Waals surface area (Å²) in [6.07, 6.45) is 11.1. The SMILES string of the molecule is C#CC1CCC2CCC1(NC(=O)c1cccc(Cl)c1)C2. The molecular formula is C17H18ClNO. The quantitative estimate of drug-likeness (QED) is 0.827. The number of rotatable bonds is 2. The summed E-state index contributed by atoms with van der Waals surface area (Å²) in [6.45, 7) is 0. The Bertz CT molecular complexity index is 577. The highest BCUT2D eigenvalue weighted by molar-refractivity contribution is 6.30. The van der Waals surface area contributed by atoms with E-state index in [1.54, 1.807) is 24.3 Å². The molecule has 0 heterocycles. The number of hydrogen-bond donors (Lipinski definition) is 1. The molecule has 104 valence electrons. The summed E-state index contributed by atoms with van der Waals surface area (Å²) in [6, 6.07) is 7.06. The summed E-state index contributed by atoms with van der Waals surface area (Å²) < 4.78 is 0. The standard InChI is InChI=1S/C17H18ClNO/c1-2-14-7-6-12-8-9-17(14,11-12)19-16(20)13-4-3-5-15(18)10-13/h1,3-5,10,12,14H,6-9,11H2,(H,19,20). The zero-order chi connectivity index (χ0) is 14.2. The van der Waals surface area contributed by atoms with Gasteiger partial charge in [-0.3, -0.25) is 4.79 Å². The van der Waals surface area contributed by atoms with Crippen LogP contribution in [0.15, 0.2) is 24.3 Å². The second-order valence-electron chi connectivity index (χ2n) is 6.03. The zero-order valence-corrected chi connectivity index (χ0v) is 12.1. The lowest BCUT2D eigenvalue weighted by atomic mass is 9.74. The largest absolute Gasteiger partial charge is 0.345 e. The number of terminal acetylenes is 1. The highest BCUT2D eigenvalue weighted by Crippen LogP contribution is 2.48. The fourth-order valence-electron chi connectivity index (χ4n) is 3.79. The van der Waals surface area contributed by atoms with Crippen molar-refractivity contribution in [2.45, 2.75) is 37.6 Å². The Labute approximate surface area is 124 Å². The lowest BCUT2D eigenvalue weighted by molar-refractivity contribution is 0.0850. The fourth-order valence-corrected chi connectivity index (χ4v) is 3.98. The van der Waals surface area contributed by atoms with Gasteiger partial charge < -0.3 is 5.32 Å². The Morgan fingerprint density at radius 2 is 2.25 bits per heavy atom. The molecule has 3 heteroatoms. The van der Waals surface area contributed by atoms with E-state index < -0.39 is 0 Å². The molecule has 1 amide bonds. The predicted molar refractivity (Wildman–Crippen MR) is 80.5 cm³/mol. The maximum atomic E-state index is 12.5. The first-order valence-electron chi connectivity index (χ1n) is 7.17. The Morgan fingerprint density at radius 3 is 3.00 bits per heavy atom. The average Bonchev–Trinajstić information content (AvgIpc) is 2.77. The van der Waals surface area contributed by atoms with E-state index in [0.29, 0.717) is 10.6 Å². The maximum Gasteiger partial charge on any atom is 0.251 e. The van der Waals surface area contributed by atoms with Crippen molar-refractivity contribution in [1.82, 2.24) is 5.32 Å². The molecule has 2 saturated carbocycles. The third-order valence-electron chi connectivity index (χ3n) is 4.83. The molecule has 0 radical (unpaired) electrons. The molecule has 1 aromatic rings. The van der Waals surface area contributed by atoms with Crippen LogP contribution in [0.4, 0.5) is 0 Å². The van der Waals surface area contributed by atoms with E-state index in [0.717, 1.165) is 25.2 Å². The zero-order valence-electron chi connectivity index (χ0n) is 11.4. The molecule has 2 aliphatic rings.